The number of anilines is 1. The van der Waals surface area contributed by atoms with Gasteiger partial charge in [0.05, 0.1) is 12.8 Å². The van der Waals surface area contributed by atoms with Gasteiger partial charge < -0.3 is 5.32 Å². The van der Waals surface area contributed by atoms with Crippen molar-refractivity contribution >= 4 is 29.5 Å². The van der Waals surface area contributed by atoms with Crippen molar-refractivity contribution < 1.29 is 4.79 Å². The first kappa shape index (κ1) is 15.4. The molecule has 0 saturated carbocycles. The van der Waals surface area contributed by atoms with Gasteiger partial charge in [-0.15, -0.1) is 5.10 Å². The number of amides is 1. The average molecular weight is 323 g/mol. The predicted molar refractivity (Wildman–Crippen MR) is 81.2 cm³/mol. The number of H-pyrrole nitrogens is 2. The maximum absolute atomic E-state index is 11.5. The van der Waals surface area contributed by atoms with Crippen LogP contribution in [0.5, 0.6) is 0 Å². The molecule has 2 rings (SSSR count). The largest absolute Gasteiger partial charge is 0.355 e. The van der Waals surface area contributed by atoms with Crippen molar-refractivity contribution in [3.63, 3.8) is 0 Å². The zero-order chi connectivity index (χ0) is 15.9. The Kier molecular flexibility index (Phi) is 5.04. The van der Waals surface area contributed by atoms with Gasteiger partial charge in [-0.3, -0.25) is 14.6 Å². The molecule has 1 heterocycles. The molecular formula is C12H11ClN6O3. The lowest BCUT2D eigenvalue weighted by atomic mass is 10.2. The summed E-state index contributed by atoms with van der Waals surface area (Å²) in [5.74, 6) is -0.680. The molecule has 0 aliphatic rings. The van der Waals surface area contributed by atoms with Crippen LogP contribution < -0.4 is 22.0 Å². The Balaban J connectivity index is 1.87. The molecule has 1 aromatic carbocycles. The van der Waals surface area contributed by atoms with Crippen LogP contribution in [0.4, 0.5) is 5.82 Å². The molecule has 4 N–H and O–H groups in total. The van der Waals surface area contributed by atoms with Gasteiger partial charge >= 0.3 is 5.69 Å². The van der Waals surface area contributed by atoms with Crippen molar-refractivity contribution in [2.24, 2.45) is 5.10 Å². The molecule has 0 unspecified atom stereocenters. The highest BCUT2D eigenvalue weighted by Crippen LogP contribution is 2.11. The fourth-order valence-electron chi connectivity index (χ4n) is 1.42. The van der Waals surface area contributed by atoms with Crippen LogP contribution in [0.25, 0.3) is 0 Å². The lowest BCUT2D eigenvalue weighted by molar-refractivity contribution is -0.119. The minimum atomic E-state index is -0.732. The third kappa shape index (κ3) is 4.28. The number of rotatable bonds is 5. The van der Waals surface area contributed by atoms with Crippen LogP contribution in [-0.4, -0.2) is 33.8 Å². The van der Waals surface area contributed by atoms with Gasteiger partial charge in [0, 0.05) is 10.6 Å². The third-order valence-corrected chi connectivity index (χ3v) is 2.77. The number of halogens is 1. The van der Waals surface area contributed by atoms with E-state index in [1.807, 2.05) is 10.1 Å². The van der Waals surface area contributed by atoms with Crippen LogP contribution in [0, 0.1) is 0 Å². The number of carbonyl (C=O) groups excluding carboxylic acids is 1. The quantitative estimate of drug-likeness (QED) is 0.442. The monoisotopic (exact) mass is 322 g/mol. The first-order valence-electron chi connectivity index (χ1n) is 6.05. The summed E-state index contributed by atoms with van der Waals surface area (Å²) in [6.45, 7) is -0.248. The minimum Gasteiger partial charge on any atom is -0.355 e. The van der Waals surface area contributed by atoms with Crippen LogP contribution in [0.2, 0.25) is 5.02 Å². The number of hydrazone groups is 1. The molecule has 0 aliphatic carbocycles. The van der Waals surface area contributed by atoms with Gasteiger partial charge in [0.2, 0.25) is 5.82 Å². The van der Waals surface area contributed by atoms with Crippen molar-refractivity contribution in [1.29, 1.82) is 0 Å². The number of carbonyl (C=O) groups is 1. The van der Waals surface area contributed by atoms with E-state index < -0.39 is 17.2 Å². The highest BCUT2D eigenvalue weighted by atomic mass is 35.5. The lowest BCUT2D eigenvalue weighted by Crippen LogP contribution is -2.31. The van der Waals surface area contributed by atoms with Gasteiger partial charge in [-0.25, -0.2) is 15.3 Å². The standard InChI is InChI=1S/C12H11ClN6O3/c13-8-4-2-1-3-7(8)5-15-17-9(20)6-14-10-11(21)16-12(22)19-18-10/h1-5H,6H2,(H,14,18)(H,17,20)(H2,16,19,21,22)/b15-5-. The number of aromatic nitrogens is 3. The van der Waals surface area contributed by atoms with E-state index in [0.717, 1.165) is 0 Å². The topological polar surface area (TPSA) is 132 Å². The van der Waals surface area contributed by atoms with Crippen LogP contribution in [0.15, 0.2) is 39.0 Å². The Labute approximate surface area is 128 Å². The second-order valence-corrected chi connectivity index (χ2v) is 4.43. The number of aromatic amines is 2. The summed E-state index contributed by atoms with van der Waals surface area (Å²) in [5.41, 5.74) is 1.45. The van der Waals surface area contributed by atoms with Crippen LogP contribution in [-0.2, 0) is 4.79 Å². The van der Waals surface area contributed by atoms with Crippen LogP contribution >= 0.6 is 11.6 Å². The van der Waals surface area contributed by atoms with Gasteiger partial charge in [-0.2, -0.15) is 5.10 Å². The van der Waals surface area contributed by atoms with Gasteiger partial charge in [-0.1, -0.05) is 29.8 Å². The highest BCUT2D eigenvalue weighted by molar-refractivity contribution is 6.33. The second-order valence-electron chi connectivity index (χ2n) is 4.02. The Morgan fingerprint density at radius 1 is 1.36 bits per heavy atom. The zero-order valence-corrected chi connectivity index (χ0v) is 11.8. The highest BCUT2D eigenvalue weighted by Gasteiger charge is 2.04. The predicted octanol–water partition coefficient (Wildman–Crippen LogP) is -0.326. The molecule has 0 aliphatic heterocycles. The SMILES string of the molecule is O=C(CNc1n[nH]c(=O)[nH]c1=O)N/N=C\c1ccccc1Cl. The summed E-state index contributed by atoms with van der Waals surface area (Å²) in [7, 11) is 0. The van der Waals surface area contributed by atoms with Crippen molar-refractivity contribution in [3.8, 4) is 0 Å². The number of nitrogens with zero attached hydrogens (tertiary/aromatic N) is 2. The Morgan fingerprint density at radius 2 is 2.14 bits per heavy atom. The zero-order valence-electron chi connectivity index (χ0n) is 11.1. The number of benzene rings is 1. The summed E-state index contributed by atoms with van der Waals surface area (Å²) >= 11 is 5.92. The molecule has 1 aromatic heterocycles. The van der Waals surface area contributed by atoms with E-state index in [9.17, 15) is 14.4 Å². The molecular weight excluding hydrogens is 312 g/mol. The third-order valence-electron chi connectivity index (χ3n) is 2.43. The fraction of sp³-hybridized carbons (Fsp3) is 0.0833. The average Bonchev–Trinajstić information content (AvgIpc) is 2.48. The van der Waals surface area contributed by atoms with Gasteiger partial charge in [-0.05, 0) is 6.07 Å². The van der Waals surface area contributed by atoms with E-state index in [-0.39, 0.29) is 12.4 Å². The molecule has 2 aromatic rings. The van der Waals surface area contributed by atoms with E-state index in [1.165, 1.54) is 6.21 Å². The maximum Gasteiger partial charge on any atom is 0.342 e. The minimum absolute atomic E-state index is 0.176. The molecule has 22 heavy (non-hydrogen) atoms. The van der Waals surface area contributed by atoms with E-state index in [2.05, 4.69) is 20.9 Å². The number of hydrogen-bond acceptors (Lipinski definition) is 6. The smallest absolute Gasteiger partial charge is 0.342 e. The summed E-state index contributed by atoms with van der Waals surface area (Å²) in [5, 5.41) is 12.2. The van der Waals surface area contributed by atoms with Gasteiger partial charge in [0.1, 0.15) is 0 Å². The number of hydrogen-bond donors (Lipinski definition) is 4. The van der Waals surface area contributed by atoms with Crippen molar-refractivity contribution in [2.75, 3.05) is 11.9 Å². The summed E-state index contributed by atoms with van der Waals surface area (Å²) in [4.78, 5) is 35.6. The van der Waals surface area contributed by atoms with E-state index in [0.29, 0.717) is 10.6 Å². The molecule has 10 heteroatoms. The Bertz CT molecular complexity index is 813. The summed E-state index contributed by atoms with van der Waals surface area (Å²) in [6, 6.07) is 6.99. The lowest BCUT2D eigenvalue weighted by Gasteiger charge is -2.02. The first-order valence-corrected chi connectivity index (χ1v) is 6.43. The molecule has 0 fully saturated rings. The molecule has 1 amide bonds. The molecule has 9 nitrogen and oxygen atoms in total. The molecule has 0 spiro atoms. The summed E-state index contributed by atoms with van der Waals surface area (Å²) in [6.07, 6.45) is 1.39. The van der Waals surface area contributed by atoms with E-state index in [4.69, 9.17) is 11.6 Å². The van der Waals surface area contributed by atoms with E-state index >= 15 is 0 Å². The van der Waals surface area contributed by atoms with Crippen molar-refractivity contribution in [3.05, 3.63) is 55.7 Å². The van der Waals surface area contributed by atoms with Crippen LogP contribution in [0.3, 0.4) is 0 Å². The number of nitrogens with one attached hydrogen (secondary N) is 4. The molecule has 0 atom stereocenters. The Morgan fingerprint density at radius 3 is 2.86 bits per heavy atom. The van der Waals surface area contributed by atoms with E-state index in [1.54, 1.807) is 24.3 Å². The van der Waals surface area contributed by atoms with Crippen LogP contribution in [0.1, 0.15) is 5.56 Å². The normalized spacial score (nSPS) is 10.6. The molecule has 0 radical (unpaired) electrons. The van der Waals surface area contributed by atoms with Gasteiger partial charge in [0.15, 0.2) is 0 Å². The maximum atomic E-state index is 11.5. The molecule has 0 bridgehead atoms. The van der Waals surface area contributed by atoms with Gasteiger partial charge in [0.25, 0.3) is 11.5 Å². The summed E-state index contributed by atoms with van der Waals surface area (Å²) < 4.78 is 0. The Hall–Kier alpha value is -2.94. The van der Waals surface area contributed by atoms with Crippen molar-refractivity contribution in [1.82, 2.24) is 20.6 Å². The first-order chi connectivity index (χ1) is 10.6. The molecule has 114 valence electrons. The molecule has 0 saturated heterocycles. The van der Waals surface area contributed by atoms with Crippen molar-refractivity contribution in [2.45, 2.75) is 0 Å². The fourth-order valence-corrected chi connectivity index (χ4v) is 1.61. The second kappa shape index (κ2) is 7.18.